The van der Waals surface area contributed by atoms with E-state index in [0.717, 1.165) is 10.2 Å². The average Bonchev–Trinajstić information content (AvgIpc) is 2.20. The first-order valence-corrected chi connectivity index (χ1v) is 4.23. The molecule has 1 rings (SSSR count). The van der Waals surface area contributed by atoms with Crippen LogP contribution in [0.25, 0.3) is 0 Å². The van der Waals surface area contributed by atoms with Crippen LogP contribution in [-0.4, -0.2) is 24.1 Å². The number of hydrazine groups is 1. The Balaban J connectivity index is 2.86. The van der Waals surface area contributed by atoms with Crippen molar-refractivity contribution in [3.8, 4) is 0 Å². The molecule has 0 heterocycles. The smallest absolute Gasteiger partial charge is 0.413 e. The van der Waals surface area contributed by atoms with Crippen molar-refractivity contribution >= 4 is 23.9 Å². The van der Waals surface area contributed by atoms with E-state index in [-0.39, 0.29) is 0 Å². The largest absolute Gasteiger partial charge is 0.625 e. The molecule has 1 aromatic carbocycles. The Morgan fingerprint density at radius 2 is 2.07 bits per heavy atom. The number of ether oxygens (including phenoxy) is 1. The van der Waals surface area contributed by atoms with Crippen LogP contribution in [0.1, 0.15) is 5.56 Å². The summed E-state index contributed by atoms with van der Waals surface area (Å²) in [6, 6.07) is 6.90. The lowest BCUT2D eigenvalue weighted by Crippen LogP contribution is -2.28. The lowest BCUT2D eigenvalue weighted by Gasteiger charge is -1.92. The first-order valence-electron chi connectivity index (χ1n) is 3.86. The normalized spacial score (nSPS) is 11.1. The van der Waals surface area contributed by atoms with Gasteiger partial charge in [0.25, 0.3) is 0 Å². The van der Waals surface area contributed by atoms with Gasteiger partial charge in [-0.1, -0.05) is 11.6 Å². The summed E-state index contributed by atoms with van der Waals surface area (Å²) in [4.78, 5) is 10.9. The van der Waals surface area contributed by atoms with Crippen molar-refractivity contribution in [3.63, 3.8) is 0 Å². The van der Waals surface area contributed by atoms with Crippen LogP contribution in [-0.2, 0) is 4.74 Å². The molecule has 0 saturated heterocycles. The minimum Gasteiger partial charge on any atom is -0.413 e. The molecule has 74 valence electrons. The van der Waals surface area contributed by atoms with Crippen LogP contribution in [0.3, 0.4) is 0 Å². The topological polar surface area (TPSA) is 55.3 Å². The number of hydrogen-bond acceptors (Lipinski definition) is 3. The monoisotopic (exact) mass is 213 g/mol. The number of rotatable bonds is 1. The highest BCUT2D eigenvalue weighted by Gasteiger charge is 2.13. The minimum absolute atomic E-state index is 0.625. The SMILES string of the molecule is COC(=O)[N+](N)=Cc1ccc(Cl)cc1. The van der Waals surface area contributed by atoms with Crippen molar-refractivity contribution in [2.24, 2.45) is 5.84 Å². The summed E-state index contributed by atoms with van der Waals surface area (Å²) >= 11 is 5.69. The first-order chi connectivity index (χ1) is 6.63. The first kappa shape index (κ1) is 10.5. The van der Waals surface area contributed by atoms with E-state index < -0.39 is 6.09 Å². The van der Waals surface area contributed by atoms with Crippen molar-refractivity contribution in [2.45, 2.75) is 0 Å². The second-order valence-electron chi connectivity index (χ2n) is 2.56. The standard InChI is InChI=1S/C9H10ClN2O2/c1-14-9(13)12(11)6-7-2-4-8(10)5-3-7/h2-6H,11H2,1H3/q+1. The number of amides is 1. The van der Waals surface area contributed by atoms with E-state index in [1.54, 1.807) is 24.3 Å². The molecule has 0 fully saturated rings. The number of nitrogens with two attached hydrogens (primary N) is 1. The zero-order valence-corrected chi connectivity index (χ0v) is 8.36. The van der Waals surface area contributed by atoms with Crippen LogP contribution < -0.4 is 5.84 Å². The van der Waals surface area contributed by atoms with Gasteiger partial charge in [0.05, 0.1) is 7.11 Å². The predicted molar refractivity (Wildman–Crippen MR) is 53.5 cm³/mol. The zero-order chi connectivity index (χ0) is 10.6. The fourth-order valence-electron chi connectivity index (χ4n) is 0.868. The number of hydrazone groups is 1. The van der Waals surface area contributed by atoms with Gasteiger partial charge in [-0.15, -0.1) is 0 Å². The van der Waals surface area contributed by atoms with Gasteiger partial charge in [-0.3, -0.25) is 0 Å². The van der Waals surface area contributed by atoms with Crippen molar-refractivity contribution in [1.82, 2.24) is 0 Å². The highest BCUT2D eigenvalue weighted by atomic mass is 35.5. The van der Waals surface area contributed by atoms with E-state index in [4.69, 9.17) is 17.4 Å². The third kappa shape index (κ3) is 2.74. The van der Waals surface area contributed by atoms with Crippen LogP contribution in [0.4, 0.5) is 4.79 Å². The van der Waals surface area contributed by atoms with E-state index >= 15 is 0 Å². The lowest BCUT2D eigenvalue weighted by molar-refractivity contribution is -0.451. The summed E-state index contributed by atoms with van der Waals surface area (Å²) in [6.45, 7) is 0. The molecule has 1 aromatic rings. The van der Waals surface area contributed by atoms with Crippen molar-refractivity contribution in [1.29, 1.82) is 0 Å². The third-order valence-corrected chi connectivity index (χ3v) is 1.80. The molecule has 5 heteroatoms. The van der Waals surface area contributed by atoms with Crippen molar-refractivity contribution < 1.29 is 14.2 Å². The third-order valence-electron chi connectivity index (χ3n) is 1.54. The van der Waals surface area contributed by atoms with Gasteiger partial charge in [-0.05, 0) is 28.9 Å². The fourth-order valence-corrected chi connectivity index (χ4v) is 0.994. The van der Waals surface area contributed by atoms with Gasteiger partial charge in [0, 0.05) is 10.6 Å². The minimum atomic E-state index is -0.625. The molecule has 0 aliphatic heterocycles. The number of carbonyl (C=O) groups is 1. The summed E-state index contributed by atoms with van der Waals surface area (Å²) < 4.78 is 5.28. The molecule has 0 atom stereocenters. The molecule has 0 aliphatic carbocycles. The Kier molecular flexibility index (Phi) is 3.48. The Hall–Kier alpha value is -1.55. The molecule has 2 N–H and O–H groups in total. The number of nitrogens with zero attached hydrogens (tertiary/aromatic N) is 1. The molecule has 14 heavy (non-hydrogen) atoms. The summed E-state index contributed by atoms with van der Waals surface area (Å²) in [5.41, 5.74) is 0.766. The maximum Gasteiger partial charge on any atom is 0.625 e. The van der Waals surface area contributed by atoms with Gasteiger partial charge in [0.2, 0.25) is 6.21 Å². The zero-order valence-electron chi connectivity index (χ0n) is 7.61. The van der Waals surface area contributed by atoms with Crippen LogP contribution in [0, 0.1) is 0 Å². The Labute approximate surface area is 86.5 Å². The maximum absolute atomic E-state index is 10.9. The molecule has 0 radical (unpaired) electrons. The van der Waals surface area contributed by atoms with Crippen LogP contribution in [0.2, 0.25) is 5.02 Å². The van der Waals surface area contributed by atoms with Gasteiger partial charge in [0.1, 0.15) is 0 Å². The number of methoxy groups -OCH3 is 1. The highest BCUT2D eigenvalue weighted by Crippen LogP contribution is 2.07. The predicted octanol–water partition coefficient (Wildman–Crippen LogP) is 1.41. The highest BCUT2D eigenvalue weighted by molar-refractivity contribution is 6.30. The van der Waals surface area contributed by atoms with E-state index in [1.807, 2.05) is 0 Å². The number of halogens is 1. The number of hydrogen-bond donors (Lipinski definition) is 1. The van der Waals surface area contributed by atoms with Crippen LogP contribution >= 0.6 is 11.6 Å². The molecule has 0 spiro atoms. The molecule has 0 unspecified atom stereocenters. The average molecular weight is 214 g/mol. The van der Waals surface area contributed by atoms with Crippen molar-refractivity contribution in [3.05, 3.63) is 34.9 Å². The Morgan fingerprint density at radius 1 is 1.50 bits per heavy atom. The second-order valence-corrected chi connectivity index (χ2v) is 2.99. The molecule has 1 amide bonds. The van der Waals surface area contributed by atoms with Gasteiger partial charge in [-0.25, -0.2) is 0 Å². The summed E-state index contributed by atoms with van der Waals surface area (Å²) in [6.07, 6.45) is 0.822. The Bertz CT molecular complexity index is 360. The van der Waals surface area contributed by atoms with Gasteiger partial charge in [0.15, 0.2) is 0 Å². The van der Waals surface area contributed by atoms with Gasteiger partial charge < -0.3 is 4.74 Å². The van der Waals surface area contributed by atoms with Crippen LogP contribution in [0.15, 0.2) is 24.3 Å². The van der Waals surface area contributed by atoms with E-state index in [2.05, 4.69) is 4.74 Å². The Morgan fingerprint density at radius 3 is 2.57 bits per heavy atom. The lowest BCUT2D eigenvalue weighted by atomic mass is 10.2. The summed E-state index contributed by atoms with van der Waals surface area (Å²) in [7, 11) is 1.26. The molecule has 0 saturated carbocycles. The van der Waals surface area contributed by atoms with E-state index in [1.165, 1.54) is 13.3 Å². The van der Waals surface area contributed by atoms with Gasteiger partial charge >= 0.3 is 6.09 Å². The molecular weight excluding hydrogens is 204 g/mol. The summed E-state index contributed by atoms with van der Waals surface area (Å²) in [5.74, 6) is 5.37. The van der Waals surface area contributed by atoms with E-state index in [9.17, 15) is 4.79 Å². The van der Waals surface area contributed by atoms with Crippen LogP contribution in [0.5, 0.6) is 0 Å². The fraction of sp³-hybridized carbons (Fsp3) is 0.111. The second kappa shape index (κ2) is 4.62. The molecule has 0 bridgehead atoms. The number of benzene rings is 1. The molecule has 0 aromatic heterocycles. The van der Waals surface area contributed by atoms with Crippen molar-refractivity contribution in [2.75, 3.05) is 7.11 Å². The molecule has 0 aliphatic rings. The van der Waals surface area contributed by atoms with Gasteiger partial charge in [-0.2, -0.15) is 10.6 Å². The number of carbonyl (C=O) groups excluding carboxylic acids is 1. The summed E-state index contributed by atoms with van der Waals surface area (Å²) in [5, 5.41) is 0.629. The quantitative estimate of drug-likeness (QED) is 0.252. The van der Waals surface area contributed by atoms with E-state index in [0.29, 0.717) is 5.02 Å². The molecule has 4 nitrogen and oxygen atoms in total. The maximum atomic E-state index is 10.9. The molecular formula is C9H10ClN2O2+.